The van der Waals surface area contributed by atoms with Gasteiger partial charge < -0.3 is 0 Å². The summed E-state index contributed by atoms with van der Waals surface area (Å²) >= 11 is -7.50. The van der Waals surface area contributed by atoms with Gasteiger partial charge in [-0.2, -0.15) is 0 Å². The van der Waals surface area contributed by atoms with E-state index in [1.807, 2.05) is 20.8 Å². The van der Waals surface area contributed by atoms with Crippen molar-refractivity contribution in [2.75, 3.05) is 39.6 Å². The predicted octanol–water partition coefficient (Wildman–Crippen LogP) is 13.9. The van der Waals surface area contributed by atoms with Gasteiger partial charge in [0.25, 0.3) is 0 Å². The summed E-state index contributed by atoms with van der Waals surface area (Å²) in [5.74, 6) is -0.855. The zero-order valence-corrected chi connectivity index (χ0v) is 51.1. The van der Waals surface area contributed by atoms with Crippen LogP contribution in [0.3, 0.4) is 0 Å². The van der Waals surface area contributed by atoms with Crippen LogP contribution in [-0.4, -0.2) is 105 Å². The number of hydrogen-bond acceptors (Lipinski definition) is 9. The molecule has 9 nitrogen and oxygen atoms in total. The molecule has 2 unspecified atom stereocenters. The van der Waals surface area contributed by atoms with Crippen molar-refractivity contribution in [2.45, 2.75) is 251 Å². The second-order valence-corrected chi connectivity index (χ2v) is 80.6. The summed E-state index contributed by atoms with van der Waals surface area (Å²) in [6, 6.07) is 0. The average molecular weight is 1130 g/mol. The third-order valence-corrected chi connectivity index (χ3v) is 115. The Morgan fingerprint density at radius 1 is 0.452 bits per heavy atom. The monoisotopic (exact) mass is 1130 g/mol. The Balaban J connectivity index is 9.27. The second-order valence-electron chi connectivity index (χ2n) is 18.1. The molecule has 0 aromatic heterocycles. The summed E-state index contributed by atoms with van der Waals surface area (Å²) in [5, 5.41) is 0. The molecule has 0 aromatic rings. The molecule has 0 amide bonds. The third kappa shape index (κ3) is 19.1. The fourth-order valence-corrected chi connectivity index (χ4v) is 141. The Morgan fingerprint density at radius 3 is 1.08 bits per heavy atom. The van der Waals surface area contributed by atoms with E-state index in [9.17, 15) is 4.79 Å². The summed E-state index contributed by atoms with van der Waals surface area (Å²) in [6.45, 7) is 26.4. The van der Waals surface area contributed by atoms with Gasteiger partial charge in [0.15, 0.2) is 0 Å². The van der Waals surface area contributed by atoms with Crippen LogP contribution in [0.1, 0.15) is 224 Å². The Labute approximate surface area is 393 Å². The van der Waals surface area contributed by atoms with Crippen LogP contribution in [0, 0.1) is 0 Å². The van der Waals surface area contributed by atoms with Crippen molar-refractivity contribution in [2.24, 2.45) is 0 Å². The van der Waals surface area contributed by atoms with Crippen LogP contribution >= 0.6 is 0 Å². The normalized spacial score (nSPS) is 14.1. The van der Waals surface area contributed by atoms with Crippen LogP contribution in [0.2, 0.25) is 26.3 Å². The second kappa shape index (κ2) is 37.7. The fraction of sp³-hybridized carbons (Fsp3) is 0.939. The number of unbranched alkanes of at least 4 members (excludes halogenated alkanes) is 12. The molecule has 0 N–H and O–H groups in total. The Hall–Kier alpha value is 0.801. The number of ketones is 3. The van der Waals surface area contributed by atoms with E-state index < -0.39 is 56.4 Å². The van der Waals surface area contributed by atoms with Crippen molar-refractivity contribution in [1.29, 1.82) is 0 Å². The molecule has 0 saturated heterocycles. The Morgan fingerprint density at radius 2 is 0.774 bits per heavy atom. The van der Waals surface area contributed by atoms with Crippen LogP contribution in [0.5, 0.6) is 0 Å². The number of rotatable bonds is 46. The summed E-state index contributed by atoms with van der Waals surface area (Å²) in [5.41, 5.74) is -1.38. The topological polar surface area (TPSA) is 107 Å². The molecule has 0 bridgehead atoms. The van der Waals surface area contributed by atoms with Crippen molar-refractivity contribution in [1.82, 2.24) is 0 Å². The molecule has 0 spiro atoms. The van der Waals surface area contributed by atoms with E-state index >= 15 is 9.59 Å². The standard InChI is InChI=1S/C25H49O9Si2.2C8H17.2C4H9.2Sn.H/c1-9-15-29-35(30-16-10-2,31-17-11-3)24(21(7)26)23(28)25(22(8)27)36(32-18-12-4,33-19-13-5)34-20-14-6;2*1-3-5-7-8-6-4-2;2*1-3-4-2;;;/h24H,9-20H2,1-8H3;2*1,3-8H2,2H3;2*1,3-4H2,2H3;;;. The average Bonchev–Trinajstić information content (AvgIpc) is 3.26. The third-order valence-electron chi connectivity index (χ3n) is 12.7. The summed E-state index contributed by atoms with van der Waals surface area (Å²) in [6.07, 6.45) is 22.5. The van der Waals surface area contributed by atoms with Crippen LogP contribution in [0.4, 0.5) is 0 Å². The SMILES string of the molecule is CCCCCCC[CH2][SnH]([CH2]CCCCCCC)[Sn]([CH2]CCC)([CH2]CCC)[C](C(C)=O)(C(=O)C(C(C)=O)[Si](OCCC)(OCCC)OCCC)[Si](OCCC)(OCCC)OCCC. The molecule has 0 aliphatic carbocycles. The van der Waals surface area contributed by atoms with Crippen LogP contribution < -0.4 is 0 Å². The van der Waals surface area contributed by atoms with Gasteiger partial charge in [-0.25, -0.2) is 0 Å². The van der Waals surface area contributed by atoms with E-state index in [1.165, 1.54) is 80.0 Å². The maximum absolute atomic E-state index is 17.3. The van der Waals surface area contributed by atoms with Crippen LogP contribution in [0.25, 0.3) is 0 Å². The molecule has 0 heterocycles. The zero-order valence-electron chi connectivity index (χ0n) is 43.0. The van der Waals surface area contributed by atoms with Gasteiger partial charge in [0.1, 0.15) is 0 Å². The molecule has 0 fully saturated rings. The molecule has 13 heteroatoms. The number of Topliss-reactive ketones (excluding diaryl/α,β-unsaturated/α-hetero) is 3. The summed E-state index contributed by atoms with van der Waals surface area (Å²) < 4.78 is 44.9. The first-order chi connectivity index (χ1) is 29.9. The first kappa shape index (κ1) is 62.8. The molecule has 0 saturated carbocycles. The van der Waals surface area contributed by atoms with Gasteiger partial charge in [0.05, 0.1) is 0 Å². The van der Waals surface area contributed by atoms with Crippen LogP contribution in [-0.2, 0) is 40.9 Å². The molecule has 0 aliphatic heterocycles. The zero-order chi connectivity index (χ0) is 46.8. The van der Waals surface area contributed by atoms with Crippen molar-refractivity contribution in [3.05, 3.63) is 0 Å². The number of carbonyl (C=O) groups is 3. The molecule has 0 rings (SSSR count). The number of carbonyl (C=O) groups excluding carboxylic acids is 3. The van der Waals surface area contributed by atoms with E-state index in [4.69, 9.17) is 26.6 Å². The molecule has 62 heavy (non-hydrogen) atoms. The molecule has 2 atom stereocenters. The molecule has 0 aliphatic rings. The minimum atomic E-state index is -4.45. The van der Waals surface area contributed by atoms with E-state index in [1.54, 1.807) is 6.92 Å². The Kier molecular flexibility index (Phi) is 38.2. The van der Waals surface area contributed by atoms with Crippen molar-refractivity contribution >= 4 is 65.2 Å². The van der Waals surface area contributed by atoms with E-state index in [0.29, 0.717) is 58.3 Å². The van der Waals surface area contributed by atoms with Gasteiger partial charge in [-0.05, 0) is 0 Å². The molecular weight excluding hydrogens is 1030 g/mol. The van der Waals surface area contributed by atoms with Gasteiger partial charge >= 0.3 is 396 Å². The van der Waals surface area contributed by atoms with Gasteiger partial charge in [-0.15, -0.1) is 0 Å². The molecule has 0 aromatic carbocycles. The summed E-state index contributed by atoms with van der Waals surface area (Å²) in [4.78, 5) is 48.4. The first-order valence-corrected chi connectivity index (χ1v) is 52.7. The van der Waals surface area contributed by atoms with Crippen molar-refractivity contribution < 1.29 is 40.9 Å². The minimum absolute atomic E-state index is 0.163. The maximum atomic E-state index is 17.3. The van der Waals surface area contributed by atoms with E-state index in [2.05, 4.69) is 48.5 Å². The van der Waals surface area contributed by atoms with Gasteiger partial charge in [-0.1, -0.05) is 0 Å². The Bertz CT molecular complexity index is 1080. The fourth-order valence-electron chi connectivity index (χ4n) is 9.76. The molecular formula is C49H102O9Si2Sn2. The first-order valence-electron chi connectivity index (χ1n) is 26.3. The van der Waals surface area contributed by atoms with Crippen LogP contribution in [0.15, 0.2) is 0 Å². The number of hydrogen-bond donors (Lipinski definition) is 0. The quantitative estimate of drug-likeness (QED) is 0.0335. The predicted molar refractivity (Wildman–Crippen MR) is 270 cm³/mol. The van der Waals surface area contributed by atoms with E-state index in [-0.39, 0.29) is 37.2 Å². The van der Waals surface area contributed by atoms with Crippen molar-refractivity contribution in [3.63, 3.8) is 0 Å². The molecule has 0 radical (unpaired) electrons. The van der Waals surface area contributed by atoms with Crippen molar-refractivity contribution in [3.8, 4) is 0 Å². The molecule has 368 valence electrons. The van der Waals surface area contributed by atoms with E-state index in [0.717, 1.165) is 47.4 Å². The summed E-state index contributed by atoms with van der Waals surface area (Å²) in [7, 11) is -8.47. The van der Waals surface area contributed by atoms with Gasteiger partial charge in [-0.3, -0.25) is 0 Å². The van der Waals surface area contributed by atoms with Gasteiger partial charge in [0.2, 0.25) is 0 Å². The van der Waals surface area contributed by atoms with Gasteiger partial charge in [0, 0.05) is 0 Å².